The van der Waals surface area contributed by atoms with E-state index in [-0.39, 0.29) is 11.9 Å². The lowest BCUT2D eigenvalue weighted by molar-refractivity contribution is -0.129. The van der Waals surface area contributed by atoms with Crippen LogP contribution in [0.5, 0.6) is 0 Å². The van der Waals surface area contributed by atoms with Crippen molar-refractivity contribution in [3.05, 3.63) is 0 Å². The van der Waals surface area contributed by atoms with Gasteiger partial charge in [-0.15, -0.1) is 0 Å². The van der Waals surface area contributed by atoms with Crippen molar-refractivity contribution in [1.82, 2.24) is 9.80 Å². The van der Waals surface area contributed by atoms with Crippen LogP contribution in [0.3, 0.4) is 0 Å². The van der Waals surface area contributed by atoms with Gasteiger partial charge in [0.05, 0.1) is 0 Å². The van der Waals surface area contributed by atoms with Gasteiger partial charge in [-0.3, -0.25) is 9.69 Å². The first-order valence-corrected chi connectivity index (χ1v) is 5.71. The molecule has 4 nitrogen and oxygen atoms in total. The smallest absolute Gasteiger partial charge is 0.223 e. The third kappa shape index (κ3) is 5.14. The molecule has 1 atom stereocenters. The molecule has 0 rings (SSSR count). The molecule has 15 heavy (non-hydrogen) atoms. The maximum absolute atomic E-state index is 11.6. The first-order chi connectivity index (χ1) is 7.06. The third-order valence-electron chi connectivity index (χ3n) is 2.61. The van der Waals surface area contributed by atoms with Crippen molar-refractivity contribution in [1.29, 1.82) is 0 Å². The number of rotatable bonds is 7. The number of nitrogens with two attached hydrogens (primary N) is 1. The fourth-order valence-corrected chi connectivity index (χ4v) is 1.63. The van der Waals surface area contributed by atoms with E-state index in [1.807, 2.05) is 0 Å². The average Bonchev–Trinajstić information content (AvgIpc) is 2.22. The second kappa shape index (κ2) is 7.65. The van der Waals surface area contributed by atoms with Crippen LogP contribution in [0.4, 0.5) is 0 Å². The summed E-state index contributed by atoms with van der Waals surface area (Å²) in [6.45, 7) is 6.77. The van der Waals surface area contributed by atoms with E-state index in [9.17, 15) is 4.79 Å². The summed E-state index contributed by atoms with van der Waals surface area (Å²) in [6, 6.07) is 0.185. The summed E-state index contributed by atoms with van der Waals surface area (Å²) >= 11 is 0. The largest absolute Gasteiger partial charge is 0.349 e. The molecule has 0 aliphatic heterocycles. The molecule has 0 heterocycles. The third-order valence-corrected chi connectivity index (χ3v) is 2.61. The van der Waals surface area contributed by atoms with Crippen molar-refractivity contribution >= 4 is 5.91 Å². The van der Waals surface area contributed by atoms with Gasteiger partial charge in [-0.2, -0.15) is 0 Å². The van der Waals surface area contributed by atoms with E-state index in [4.69, 9.17) is 5.73 Å². The standard InChI is InChI=1S/C11H25N3O/c1-5-7-14(6-2)10(9-12)8-11(15)13(3)4/h10H,5-9,12H2,1-4H3. The highest BCUT2D eigenvalue weighted by Crippen LogP contribution is 2.05. The van der Waals surface area contributed by atoms with Crippen molar-refractivity contribution in [2.75, 3.05) is 33.7 Å². The summed E-state index contributed by atoms with van der Waals surface area (Å²) in [5.41, 5.74) is 5.72. The van der Waals surface area contributed by atoms with E-state index in [2.05, 4.69) is 18.7 Å². The Morgan fingerprint density at radius 1 is 1.33 bits per heavy atom. The molecule has 0 fully saturated rings. The fraction of sp³-hybridized carbons (Fsp3) is 0.909. The van der Waals surface area contributed by atoms with Gasteiger partial charge in [-0.25, -0.2) is 0 Å². The Morgan fingerprint density at radius 3 is 2.27 bits per heavy atom. The van der Waals surface area contributed by atoms with Crippen molar-refractivity contribution in [3.8, 4) is 0 Å². The number of hydrogen-bond acceptors (Lipinski definition) is 3. The lowest BCUT2D eigenvalue weighted by atomic mass is 10.1. The first kappa shape index (κ1) is 14.4. The molecule has 0 aromatic rings. The lowest BCUT2D eigenvalue weighted by Crippen LogP contribution is -2.44. The van der Waals surface area contributed by atoms with E-state index < -0.39 is 0 Å². The Labute approximate surface area is 93.4 Å². The Hall–Kier alpha value is -0.610. The van der Waals surface area contributed by atoms with Gasteiger partial charge >= 0.3 is 0 Å². The van der Waals surface area contributed by atoms with E-state index in [1.165, 1.54) is 0 Å². The average molecular weight is 215 g/mol. The zero-order valence-corrected chi connectivity index (χ0v) is 10.5. The van der Waals surface area contributed by atoms with Crippen LogP contribution in [0.25, 0.3) is 0 Å². The molecular weight excluding hydrogens is 190 g/mol. The molecule has 0 aromatic heterocycles. The topological polar surface area (TPSA) is 49.6 Å². The van der Waals surface area contributed by atoms with Gasteiger partial charge in [0.1, 0.15) is 0 Å². The predicted molar refractivity (Wildman–Crippen MR) is 63.7 cm³/mol. The van der Waals surface area contributed by atoms with Crippen molar-refractivity contribution in [3.63, 3.8) is 0 Å². The molecule has 0 saturated heterocycles. The molecule has 1 amide bonds. The van der Waals surface area contributed by atoms with Gasteiger partial charge in [0.25, 0.3) is 0 Å². The normalized spacial score (nSPS) is 12.9. The molecule has 0 aliphatic rings. The van der Waals surface area contributed by atoms with Crippen molar-refractivity contribution in [2.45, 2.75) is 32.7 Å². The highest BCUT2D eigenvalue weighted by molar-refractivity contribution is 5.76. The van der Waals surface area contributed by atoms with E-state index in [0.29, 0.717) is 13.0 Å². The summed E-state index contributed by atoms with van der Waals surface area (Å²) in [5.74, 6) is 0.153. The Morgan fingerprint density at radius 2 is 1.93 bits per heavy atom. The van der Waals surface area contributed by atoms with Gasteiger partial charge in [-0.05, 0) is 19.5 Å². The summed E-state index contributed by atoms with van der Waals surface area (Å²) in [6.07, 6.45) is 1.62. The number of amides is 1. The van der Waals surface area contributed by atoms with Gasteiger partial charge in [0, 0.05) is 33.1 Å². The minimum Gasteiger partial charge on any atom is -0.349 e. The lowest BCUT2D eigenvalue weighted by Gasteiger charge is -2.29. The van der Waals surface area contributed by atoms with Crippen LogP contribution in [0, 0.1) is 0 Å². The molecule has 0 bridgehead atoms. The fourth-order valence-electron chi connectivity index (χ4n) is 1.63. The van der Waals surface area contributed by atoms with Crippen LogP contribution in [0.1, 0.15) is 26.7 Å². The predicted octanol–water partition coefficient (Wildman–Crippen LogP) is 0.524. The molecule has 0 spiro atoms. The van der Waals surface area contributed by atoms with E-state index in [0.717, 1.165) is 19.5 Å². The number of likely N-dealkylation sites (N-methyl/N-ethyl adjacent to an activating group) is 1. The van der Waals surface area contributed by atoms with Gasteiger partial charge in [0.15, 0.2) is 0 Å². The highest BCUT2D eigenvalue weighted by atomic mass is 16.2. The Kier molecular flexibility index (Phi) is 7.34. The maximum atomic E-state index is 11.6. The minimum atomic E-state index is 0.153. The molecule has 0 saturated carbocycles. The molecule has 90 valence electrons. The van der Waals surface area contributed by atoms with Crippen LogP contribution >= 0.6 is 0 Å². The molecule has 4 heteroatoms. The molecule has 0 radical (unpaired) electrons. The Balaban J connectivity index is 4.26. The van der Waals surface area contributed by atoms with Gasteiger partial charge in [0.2, 0.25) is 5.91 Å². The zero-order chi connectivity index (χ0) is 11.8. The summed E-state index contributed by atoms with van der Waals surface area (Å²) in [7, 11) is 3.57. The van der Waals surface area contributed by atoms with Crippen molar-refractivity contribution < 1.29 is 4.79 Å². The van der Waals surface area contributed by atoms with Crippen molar-refractivity contribution in [2.24, 2.45) is 5.73 Å². The summed E-state index contributed by atoms with van der Waals surface area (Å²) < 4.78 is 0. The number of carbonyl (C=O) groups is 1. The van der Waals surface area contributed by atoms with Crippen LogP contribution in [-0.4, -0.2) is 55.5 Å². The highest BCUT2D eigenvalue weighted by Gasteiger charge is 2.19. The van der Waals surface area contributed by atoms with Crippen LogP contribution in [-0.2, 0) is 4.79 Å². The van der Waals surface area contributed by atoms with Crippen LogP contribution in [0.2, 0.25) is 0 Å². The quantitative estimate of drug-likeness (QED) is 0.674. The molecule has 2 N–H and O–H groups in total. The number of carbonyl (C=O) groups excluding carboxylic acids is 1. The summed E-state index contributed by atoms with van der Waals surface area (Å²) in [4.78, 5) is 15.5. The second-order valence-electron chi connectivity index (χ2n) is 4.01. The SMILES string of the molecule is CCCN(CC)C(CN)CC(=O)N(C)C. The first-order valence-electron chi connectivity index (χ1n) is 5.71. The molecular formula is C11H25N3O. The maximum Gasteiger partial charge on any atom is 0.223 e. The van der Waals surface area contributed by atoms with Crippen LogP contribution in [0.15, 0.2) is 0 Å². The summed E-state index contributed by atoms with van der Waals surface area (Å²) in [5, 5.41) is 0. The monoisotopic (exact) mass is 215 g/mol. The van der Waals surface area contributed by atoms with Gasteiger partial charge < -0.3 is 10.6 Å². The number of hydrogen-bond donors (Lipinski definition) is 1. The van der Waals surface area contributed by atoms with Gasteiger partial charge in [-0.1, -0.05) is 13.8 Å². The molecule has 0 aliphatic carbocycles. The number of nitrogens with zero attached hydrogens (tertiary/aromatic N) is 2. The zero-order valence-electron chi connectivity index (χ0n) is 10.5. The van der Waals surface area contributed by atoms with E-state index in [1.54, 1.807) is 19.0 Å². The molecule has 0 aromatic carbocycles. The molecule has 1 unspecified atom stereocenters. The minimum absolute atomic E-state index is 0.153. The van der Waals surface area contributed by atoms with Crippen LogP contribution < -0.4 is 5.73 Å². The second-order valence-corrected chi connectivity index (χ2v) is 4.01. The van der Waals surface area contributed by atoms with E-state index >= 15 is 0 Å². The Bertz CT molecular complexity index is 183.